The summed E-state index contributed by atoms with van der Waals surface area (Å²) in [5, 5.41) is 0.117. The van der Waals surface area contributed by atoms with E-state index in [1.165, 1.54) is 23.2 Å². The lowest BCUT2D eigenvalue weighted by Gasteiger charge is -2.15. The molecule has 0 radical (unpaired) electrons. The number of rotatable bonds is 7. The molecule has 2 aromatic rings. The molecule has 0 fully saturated rings. The Bertz CT molecular complexity index is 1130. The molecule has 1 aromatic heterocycles. The second-order valence-electron chi connectivity index (χ2n) is 6.06. The molecule has 0 atom stereocenters. The molecule has 1 aromatic carbocycles. The molecule has 0 saturated heterocycles. The van der Waals surface area contributed by atoms with Gasteiger partial charge in [-0.05, 0) is 28.9 Å². The number of thioether (sulfide) groups is 1. The Labute approximate surface area is 192 Å². The third-order valence-corrected chi connectivity index (χ3v) is 5.75. The van der Waals surface area contributed by atoms with Crippen molar-refractivity contribution in [3.63, 3.8) is 0 Å². The summed E-state index contributed by atoms with van der Waals surface area (Å²) >= 11 is 10.9. The van der Waals surface area contributed by atoms with Crippen LogP contribution < -0.4 is 11.2 Å². The van der Waals surface area contributed by atoms with Gasteiger partial charge in [-0.25, -0.2) is 14.2 Å². The zero-order chi connectivity index (χ0) is 23.3. The third-order valence-electron chi connectivity index (χ3n) is 4.10. The van der Waals surface area contributed by atoms with E-state index in [4.69, 9.17) is 16.3 Å². The summed E-state index contributed by atoms with van der Waals surface area (Å²) in [4.78, 5) is 38.5. The maximum absolute atomic E-state index is 13.1. The van der Waals surface area contributed by atoms with Gasteiger partial charge in [-0.1, -0.05) is 34.5 Å². The SMILES string of the molecule is CCSCCOC(=O)C(=CBr)c1cc(-n2c(=O)cc(C(F)(F)F)n(C)c2=O)ccc1Cl. The zero-order valence-electron chi connectivity index (χ0n) is 16.3. The van der Waals surface area contributed by atoms with Crippen LogP contribution in [0.5, 0.6) is 0 Å². The minimum Gasteiger partial charge on any atom is -0.461 e. The molecule has 0 amide bonds. The Kier molecular flexibility index (Phi) is 8.61. The number of halogens is 5. The lowest BCUT2D eigenvalue weighted by molar-refractivity contribution is -0.144. The molecule has 1 heterocycles. The summed E-state index contributed by atoms with van der Waals surface area (Å²) in [6, 6.07) is 4.20. The summed E-state index contributed by atoms with van der Waals surface area (Å²) in [5.74, 6) is 0.770. The van der Waals surface area contributed by atoms with E-state index >= 15 is 0 Å². The first-order chi connectivity index (χ1) is 14.5. The van der Waals surface area contributed by atoms with Crippen LogP contribution in [-0.4, -0.2) is 33.2 Å². The topological polar surface area (TPSA) is 70.3 Å². The van der Waals surface area contributed by atoms with Gasteiger partial charge in [-0.2, -0.15) is 24.9 Å². The van der Waals surface area contributed by atoms with Gasteiger partial charge in [0, 0.05) is 29.5 Å². The Morgan fingerprint density at radius 1 is 1.29 bits per heavy atom. The molecule has 12 heteroatoms. The van der Waals surface area contributed by atoms with Gasteiger partial charge in [0.05, 0.1) is 11.3 Å². The number of carbonyl (C=O) groups is 1. The van der Waals surface area contributed by atoms with Crippen LogP contribution in [-0.2, 0) is 22.8 Å². The number of esters is 1. The summed E-state index contributed by atoms with van der Waals surface area (Å²) in [7, 11) is 0.910. The number of ether oxygens (including phenoxy) is 1. The lowest BCUT2D eigenvalue weighted by atomic mass is 10.1. The van der Waals surface area contributed by atoms with E-state index in [9.17, 15) is 27.6 Å². The van der Waals surface area contributed by atoms with Crippen LogP contribution in [0.2, 0.25) is 5.02 Å². The van der Waals surface area contributed by atoms with Gasteiger partial charge in [-0.3, -0.25) is 9.36 Å². The molecule has 0 aliphatic carbocycles. The first-order valence-electron chi connectivity index (χ1n) is 8.78. The van der Waals surface area contributed by atoms with Crippen molar-refractivity contribution in [1.29, 1.82) is 0 Å². The van der Waals surface area contributed by atoms with Crippen LogP contribution in [0.15, 0.2) is 38.8 Å². The maximum Gasteiger partial charge on any atom is 0.431 e. The molecule has 0 saturated carbocycles. The summed E-state index contributed by atoms with van der Waals surface area (Å²) < 4.78 is 45.3. The van der Waals surface area contributed by atoms with Crippen LogP contribution in [0.25, 0.3) is 11.3 Å². The van der Waals surface area contributed by atoms with E-state index in [-0.39, 0.29) is 28.5 Å². The van der Waals surface area contributed by atoms with Gasteiger partial charge in [0.25, 0.3) is 5.56 Å². The minimum absolute atomic E-state index is 0.0186. The zero-order valence-corrected chi connectivity index (χ0v) is 19.5. The average molecular weight is 542 g/mol. The number of alkyl halides is 3. The first-order valence-corrected chi connectivity index (χ1v) is 11.2. The predicted molar refractivity (Wildman–Crippen MR) is 118 cm³/mol. The van der Waals surface area contributed by atoms with Crippen molar-refractivity contribution in [3.05, 3.63) is 66.4 Å². The number of carbonyl (C=O) groups excluding carboxylic acids is 1. The highest BCUT2D eigenvalue weighted by molar-refractivity contribution is 9.11. The number of nitrogens with zero attached hydrogens (tertiary/aromatic N) is 2. The van der Waals surface area contributed by atoms with Gasteiger partial charge in [0.2, 0.25) is 0 Å². The van der Waals surface area contributed by atoms with Crippen LogP contribution in [0.1, 0.15) is 18.2 Å². The van der Waals surface area contributed by atoms with Gasteiger partial charge < -0.3 is 4.74 Å². The molecule has 0 spiro atoms. The lowest BCUT2D eigenvalue weighted by Crippen LogP contribution is -2.40. The predicted octanol–water partition coefficient (Wildman–Crippen LogP) is 4.24. The molecule has 0 N–H and O–H groups in total. The van der Waals surface area contributed by atoms with Crippen molar-refractivity contribution in [1.82, 2.24) is 9.13 Å². The summed E-state index contributed by atoms with van der Waals surface area (Å²) in [6.07, 6.45) is -4.87. The van der Waals surface area contributed by atoms with E-state index < -0.39 is 29.1 Å². The Hall–Kier alpha value is -1.98. The summed E-state index contributed by atoms with van der Waals surface area (Å²) in [6.45, 7) is 2.13. The molecule has 168 valence electrons. The minimum atomic E-state index is -4.87. The number of aromatic nitrogens is 2. The monoisotopic (exact) mass is 540 g/mol. The van der Waals surface area contributed by atoms with Crippen molar-refractivity contribution >= 4 is 50.8 Å². The number of benzene rings is 1. The molecule has 6 nitrogen and oxygen atoms in total. The standard InChI is InChI=1S/C19H17BrClF3N2O4S/c1-3-31-7-6-30-17(28)13(10-20)12-8-11(4-5-14(12)21)26-16(27)9-15(19(22,23)24)25(2)18(26)29/h4-5,8-10H,3,6-7H2,1-2H3. The third kappa shape index (κ3) is 5.83. The van der Waals surface area contributed by atoms with Crippen LogP contribution in [0, 0.1) is 0 Å². The molecular weight excluding hydrogens is 525 g/mol. The Balaban J connectivity index is 2.53. The van der Waals surface area contributed by atoms with Gasteiger partial charge in [-0.15, -0.1) is 0 Å². The molecular formula is C19H17BrClF3N2O4S. The van der Waals surface area contributed by atoms with Gasteiger partial charge in [0.1, 0.15) is 12.3 Å². The van der Waals surface area contributed by atoms with Gasteiger partial charge in [0.15, 0.2) is 0 Å². The highest BCUT2D eigenvalue weighted by atomic mass is 79.9. The van der Waals surface area contributed by atoms with E-state index in [2.05, 4.69) is 15.9 Å². The van der Waals surface area contributed by atoms with E-state index in [0.29, 0.717) is 21.0 Å². The molecule has 2 rings (SSSR count). The summed E-state index contributed by atoms with van der Waals surface area (Å²) in [5.41, 5.74) is -3.64. The number of hydrogen-bond acceptors (Lipinski definition) is 5. The van der Waals surface area contributed by atoms with Crippen LogP contribution in [0.4, 0.5) is 13.2 Å². The molecule has 31 heavy (non-hydrogen) atoms. The second kappa shape index (κ2) is 10.6. The largest absolute Gasteiger partial charge is 0.461 e. The maximum atomic E-state index is 13.1. The van der Waals surface area contributed by atoms with Crippen molar-refractivity contribution in [2.24, 2.45) is 7.05 Å². The first kappa shape index (κ1) is 25.3. The highest BCUT2D eigenvalue weighted by Crippen LogP contribution is 2.29. The van der Waals surface area contributed by atoms with Crippen molar-refractivity contribution in [2.45, 2.75) is 13.1 Å². The van der Waals surface area contributed by atoms with Crippen molar-refractivity contribution in [2.75, 3.05) is 18.1 Å². The van der Waals surface area contributed by atoms with E-state index in [0.717, 1.165) is 12.8 Å². The normalized spacial score (nSPS) is 12.2. The average Bonchev–Trinajstić information content (AvgIpc) is 2.70. The Morgan fingerprint density at radius 3 is 2.55 bits per heavy atom. The second-order valence-corrected chi connectivity index (χ2v) is 8.32. The fourth-order valence-electron chi connectivity index (χ4n) is 2.62. The van der Waals surface area contributed by atoms with Crippen molar-refractivity contribution < 1.29 is 22.7 Å². The van der Waals surface area contributed by atoms with Gasteiger partial charge >= 0.3 is 17.8 Å². The quantitative estimate of drug-likeness (QED) is 0.298. The molecule has 0 bridgehead atoms. The fourth-order valence-corrected chi connectivity index (χ4v) is 3.77. The molecule has 0 aliphatic heterocycles. The fraction of sp³-hybridized carbons (Fsp3) is 0.316. The smallest absolute Gasteiger partial charge is 0.431 e. The van der Waals surface area contributed by atoms with Crippen molar-refractivity contribution in [3.8, 4) is 5.69 Å². The highest BCUT2D eigenvalue weighted by Gasteiger charge is 2.35. The van der Waals surface area contributed by atoms with E-state index in [1.54, 1.807) is 11.8 Å². The molecule has 0 aliphatic rings. The molecule has 0 unspecified atom stereocenters. The van der Waals surface area contributed by atoms with E-state index in [1.807, 2.05) is 6.92 Å². The van der Waals surface area contributed by atoms with Crippen LogP contribution in [0.3, 0.4) is 0 Å². The number of hydrogen-bond donors (Lipinski definition) is 0. The van der Waals surface area contributed by atoms with Crippen LogP contribution >= 0.6 is 39.3 Å². The Morgan fingerprint density at radius 2 is 1.97 bits per heavy atom.